The van der Waals surface area contributed by atoms with Crippen LogP contribution in [0.3, 0.4) is 0 Å². The van der Waals surface area contributed by atoms with Crippen LogP contribution in [0.5, 0.6) is 0 Å². The first-order chi connectivity index (χ1) is 18.9. The molecule has 0 aliphatic rings. The standard InChI is InChI=1S/C26H23BrClN7O4/c1-2-3-8-19-30-24(28)22(26(38)29-12-20(36)37)35(19)13-14-9-10-18-17(11-14)21(27)23(39-18)15-6-4-5-7-16(15)25-31-33-34-32-25/h4-7,9-11H,2-3,8,12-13H2,1H3,(H,29,38)(H,36,37)(H,31,32,33,34). The molecule has 39 heavy (non-hydrogen) atoms. The number of aromatic amines is 1. The average Bonchev–Trinajstić information content (AvgIpc) is 3.65. The number of H-pyrrole nitrogens is 1. The number of nitrogens with zero attached hydrogens (tertiary/aromatic N) is 5. The van der Waals surface area contributed by atoms with Crippen LogP contribution >= 0.6 is 27.5 Å². The van der Waals surface area contributed by atoms with E-state index in [1.807, 2.05) is 42.5 Å². The van der Waals surface area contributed by atoms with Gasteiger partial charge in [0.25, 0.3) is 5.91 Å². The first-order valence-corrected chi connectivity index (χ1v) is 13.3. The number of halogens is 2. The normalized spacial score (nSPS) is 11.3. The van der Waals surface area contributed by atoms with E-state index in [0.717, 1.165) is 39.4 Å². The van der Waals surface area contributed by atoms with Crippen molar-refractivity contribution in [3.05, 3.63) is 69.2 Å². The Hall–Kier alpha value is -4.03. The number of aryl methyl sites for hydroxylation is 1. The van der Waals surface area contributed by atoms with E-state index in [0.29, 0.717) is 36.0 Å². The lowest BCUT2D eigenvalue weighted by molar-refractivity contribution is -0.135. The Morgan fingerprint density at radius 1 is 1.21 bits per heavy atom. The summed E-state index contributed by atoms with van der Waals surface area (Å²) in [4.78, 5) is 28.3. The van der Waals surface area contributed by atoms with Gasteiger partial charge in [-0.2, -0.15) is 5.21 Å². The van der Waals surface area contributed by atoms with Crippen LogP contribution < -0.4 is 5.32 Å². The number of hydrogen-bond acceptors (Lipinski definition) is 7. The van der Waals surface area contributed by atoms with E-state index < -0.39 is 18.4 Å². The quantitative estimate of drug-likeness (QED) is 0.197. The molecule has 0 atom stereocenters. The van der Waals surface area contributed by atoms with Crippen LogP contribution in [-0.2, 0) is 17.8 Å². The zero-order valence-electron chi connectivity index (χ0n) is 20.7. The number of aliphatic carboxylic acids is 1. The number of rotatable bonds is 10. The van der Waals surface area contributed by atoms with Gasteiger partial charge in [0.2, 0.25) is 5.82 Å². The van der Waals surface area contributed by atoms with Gasteiger partial charge in [0.05, 0.1) is 4.47 Å². The fourth-order valence-corrected chi connectivity index (χ4v) is 5.23. The number of carboxylic acid groups (broad SMARTS) is 1. The maximum Gasteiger partial charge on any atom is 0.322 e. The highest BCUT2D eigenvalue weighted by Crippen LogP contribution is 2.41. The highest BCUT2D eigenvalue weighted by atomic mass is 79.9. The minimum Gasteiger partial charge on any atom is -0.480 e. The largest absolute Gasteiger partial charge is 0.480 e. The van der Waals surface area contributed by atoms with Crippen molar-refractivity contribution >= 4 is 50.4 Å². The number of tetrazole rings is 1. The molecule has 0 bridgehead atoms. The average molecular weight is 613 g/mol. The number of fused-ring (bicyclic) bond motifs is 1. The molecule has 5 aromatic rings. The SMILES string of the molecule is CCCCc1nc(Cl)c(C(=O)NCC(=O)O)n1Cc1ccc2oc(-c3ccccc3-c3nn[nH]n3)c(Br)c2c1. The lowest BCUT2D eigenvalue weighted by atomic mass is 10.0. The second-order valence-corrected chi connectivity index (χ2v) is 9.94. The highest BCUT2D eigenvalue weighted by molar-refractivity contribution is 9.10. The van der Waals surface area contributed by atoms with Crippen molar-refractivity contribution in [1.82, 2.24) is 35.5 Å². The summed E-state index contributed by atoms with van der Waals surface area (Å²) in [7, 11) is 0. The van der Waals surface area contributed by atoms with Crippen molar-refractivity contribution in [3.63, 3.8) is 0 Å². The molecule has 3 aromatic heterocycles. The Kier molecular flexibility index (Phi) is 7.75. The van der Waals surface area contributed by atoms with Gasteiger partial charge < -0.3 is 19.4 Å². The Morgan fingerprint density at radius 3 is 2.72 bits per heavy atom. The molecule has 3 heterocycles. The van der Waals surface area contributed by atoms with Crippen LogP contribution in [0.1, 0.15) is 41.6 Å². The summed E-state index contributed by atoms with van der Waals surface area (Å²) in [6.07, 6.45) is 2.42. The third-order valence-electron chi connectivity index (χ3n) is 6.16. The van der Waals surface area contributed by atoms with Crippen LogP contribution in [0.25, 0.3) is 33.7 Å². The van der Waals surface area contributed by atoms with Crippen molar-refractivity contribution < 1.29 is 19.1 Å². The van der Waals surface area contributed by atoms with Crippen LogP contribution in [0.15, 0.2) is 51.4 Å². The summed E-state index contributed by atoms with van der Waals surface area (Å²) in [6.45, 7) is 1.84. The van der Waals surface area contributed by atoms with Crippen LogP contribution in [0.4, 0.5) is 0 Å². The van der Waals surface area contributed by atoms with Gasteiger partial charge in [-0.15, -0.1) is 10.2 Å². The van der Waals surface area contributed by atoms with E-state index in [-0.39, 0.29) is 10.8 Å². The molecule has 5 rings (SSSR count). The molecule has 0 radical (unpaired) electrons. The third kappa shape index (κ3) is 5.43. The van der Waals surface area contributed by atoms with Crippen LogP contribution in [0.2, 0.25) is 5.15 Å². The third-order valence-corrected chi connectivity index (χ3v) is 7.21. The summed E-state index contributed by atoms with van der Waals surface area (Å²) in [6, 6.07) is 13.4. The molecule has 0 saturated heterocycles. The maximum atomic E-state index is 12.9. The minimum absolute atomic E-state index is 0.0370. The molecule has 0 aliphatic heterocycles. The van der Waals surface area contributed by atoms with Gasteiger partial charge in [-0.3, -0.25) is 9.59 Å². The summed E-state index contributed by atoms with van der Waals surface area (Å²) in [5, 5.41) is 26.6. The number of aromatic nitrogens is 6. The molecule has 2 aromatic carbocycles. The monoisotopic (exact) mass is 611 g/mol. The van der Waals surface area contributed by atoms with E-state index in [1.54, 1.807) is 4.57 Å². The number of carbonyl (C=O) groups is 2. The number of nitrogens with one attached hydrogen (secondary N) is 2. The van der Waals surface area contributed by atoms with Gasteiger partial charge in [0, 0.05) is 29.5 Å². The molecule has 1 amide bonds. The van der Waals surface area contributed by atoms with Gasteiger partial charge >= 0.3 is 5.97 Å². The molecule has 3 N–H and O–H groups in total. The number of furan rings is 1. The van der Waals surface area contributed by atoms with E-state index in [4.69, 9.17) is 21.1 Å². The summed E-state index contributed by atoms with van der Waals surface area (Å²) in [5.74, 6) is -0.0229. The van der Waals surface area contributed by atoms with Crippen LogP contribution in [0, 0.1) is 0 Å². The Morgan fingerprint density at radius 2 is 2.00 bits per heavy atom. The zero-order valence-corrected chi connectivity index (χ0v) is 23.1. The number of hydrogen-bond donors (Lipinski definition) is 3. The fourth-order valence-electron chi connectivity index (χ4n) is 4.34. The van der Waals surface area contributed by atoms with Crippen LogP contribution in [-0.4, -0.2) is 53.7 Å². The Balaban J connectivity index is 1.53. The number of benzene rings is 2. The van der Waals surface area contributed by atoms with Gasteiger partial charge in [-0.05, 0) is 45.3 Å². The number of carbonyl (C=O) groups excluding carboxylic acids is 1. The fraction of sp³-hybridized carbons (Fsp3) is 0.231. The van der Waals surface area contributed by atoms with Crippen molar-refractivity contribution in [2.45, 2.75) is 32.7 Å². The van der Waals surface area contributed by atoms with Crippen molar-refractivity contribution in [2.75, 3.05) is 6.54 Å². The smallest absolute Gasteiger partial charge is 0.322 e. The number of amides is 1. The molecular weight excluding hydrogens is 590 g/mol. The number of carboxylic acids is 1. The molecule has 11 nitrogen and oxygen atoms in total. The summed E-state index contributed by atoms with van der Waals surface area (Å²) >= 11 is 10.1. The predicted molar refractivity (Wildman–Crippen MR) is 147 cm³/mol. The second-order valence-electron chi connectivity index (χ2n) is 8.79. The number of unbranched alkanes of at least 4 members (excludes halogenated alkanes) is 1. The molecule has 13 heteroatoms. The molecule has 0 saturated carbocycles. The molecule has 0 aliphatic carbocycles. The predicted octanol–water partition coefficient (Wildman–Crippen LogP) is 5.10. The Bertz CT molecular complexity index is 1660. The first kappa shape index (κ1) is 26.6. The molecule has 0 spiro atoms. The van der Waals surface area contributed by atoms with Gasteiger partial charge in [0.15, 0.2) is 5.15 Å². The van der Waals surface area contributed by atoms with Crippen molar-refractivity contribution in [2.24, 2.45) is 0 Å². The Labute approximate surface area is 235 Å². The molecule has 0 unspecified atom stereocenters. The zero-order chi connectivity index (χ0) is 27.5. The topological polar surface area (TPSA) is 152 Å². The highest BCUT2D eigenvalue weighted by Gasteiger charge is 2.24. The van der Waals surface area contributed by atoms with E-state index in [9.17, 15) is 9.59 Å². The van der Waals surface area contributed by atoms with E-state index >= 15 is 0 Å². The molecule has 200 valence electrons. The summed E-state index contributed by atoms with van der Waals surface area (Å²) in [5.41, 5.74) is 3.23. The van der Waals surface area contributed by atoms with Gasteiger partial charge in [-0.25, -0.2) is 4.98 Å². The number of imidazole rings is 1. The van der Waals surface area contributed by atoms with Gasteiger partial charge in [0.1, 0.15) is 29.4 Å². The van der Waals surface area contributed by atoms with E-state index in [1.165, 1.54) is 0 Å². The first-order valence-electron chi connectivity index (χ1n) is 12.2. The second kappa shape index (κ2) is 11.4. The lowest BCUT2D eigenvalue weighted by Crippen LogP contribution is -2.31. The summed E-state index contributed by atoms with van der Waals surface area (Å²) < 4.78 is 8.73. The van der Waals surface area contributed by atoms with Crippen molar-refractivity contribution in [1.29, 1.82) is 0 Å². The minimum atomic E-state index is -1.15. The lowest BCUT2D eigenvalue weighted by Gasteiger charge is -2.12. The molecular formula is C26H23BrClN7O4. The van der Waals surface area contributed by atoms with E-state index in [2.05, 4.69) is 53.8 Å². The van der Waals surface area contributed by atoms with Crippen molar-refractivity contribution in [3.8, 4) is 22.7 Å². The maximum absolute atomic E-state index is 12.9. The molecule has 0 fully saturated rings. The van der Waals surface area contributed by atoms with Gasteiger partial charge in [-0.1, -0.05) is 55.3 Å².